The number of pyridine rings is 1. The number of aromatic nitrogens is 1. The summed E-state index contributed by atoms with van der Waals surface area (Å²) >= 11 is 3.44. The third-order valence-corrected chi connectivity index (χ3v) is 4.33. The van der Waals surface area contributed by atoms with Crippen LogP contribution in [0, 0.1) is 6.92 Å². The predicted molar refractivity (Wildman–Crippen MR) is 94.4 cm³/mol. The van der Waals surface area contributed by atoms with Crippen molar-refractivity contribution in [2.75, 3.05) is 10.6 Å². The molecule has 1 heterocycles. The van der Waals surface area contributed by atoms with Crippen LogP contribution in [0.4, 0.5) is 11.4 Å². The molecular formula is C17H20BrN3O. The van der Waals surface area contributed by atoms with E-state index in [-0.39, 0.29) is 5.91 Å². The third kappa shape index (κ3) is 4.31. The Morgan fingerprint density at radius 2 is 2.00 bits per heavy atom. The van der Waals surface area contributed by atoms with Gasteiger partial charge in [-0.3, -0.25) is 4.79 Å². The molecule has 2 N–H and O–H groups in total. The summed E-state index contributed by atoms with van der Waals surface area (Å²) in [4.78, 5) is 16.4. The molecule has 5 heteroatoms. The number of nitrogens with one attached hydrogen (secondary N) is 2. The van der Waals surface area contributed by atoms with Crippen LogP contribution in [0.25, 0.3) is 0 Å². The number of carbonyl (C=O) groups excluding carboxylic acids is 1. The number of nitrogens with zero attached hydrogens (tertiary/aromatic N) is 1. The first-order valence-electron chi connectivity index (χ1n) is 7.29. The molecule has 2 rings (SSSR count). The fraction of sp³-hybridized carbons (Fsp3) is 0.294. The van der Waals surface area contributed by atoms with Crippen LogP contribution >= 0.6 is 15.9 Å². The van der Waals surface area contributed by atoms with Crippen LogP contribution in [0.3, 0.4) is 0 Å². The zero-order valence-electron chi connectivity index (χ0n) is 13.0. The smallest absolute Gasteiger partial charge is 0.274 e. The summed E-state index contributed by atoms with van der Waals surface area (Å²) < 4.78 is 1.02. The van der Waals surface area contributed by atoms with Crippen molar-refractivity contribution in [3.63, 3.8) is 0 Å². The van der Waals surface area contributed by atoms with Crippen LogP contribution in [0.1, 0.15) is 36.3 Å². The molecule has 1 atom stereocenters. The highest BCUT2D eigenvalue weighted by atomic mass is 79.9. The van der Waals surface area contributed by atoms with Gasteiger partial charge in [-0.2, -0.15) is 0 Å². The van der Waals surface area contributed by atoms with E-state index in [0.717, 1.165) is 27.8 Å². The van der Waals surface area contributed by atoms with E-state index >= 15 is 0 Å². The maximum Gasteiger partial charge on any atom is 0.274 e. The molecule has 0 fully saturated rings. The lowest BCUT2D eigenvalue weighted by molar-refractivity contribution is 0.102. The molecular weight excluding hydrogens is 342 g/mol. The molecule has 0 aliphatic carbocycles. The average Bonchev–Trinajstić information content (AvgIpc) is 2.51. The molecule has 1 aromatic carbocycles. The number of hydrogen-bond donors (Lipinski definition) is 2. The highest BCUT2D eigenvalue weighted by Crippen LogP contribution is 2.20. The highest BCUT2D eigenvalue weighted by Gasteiger charge is 2.09. The molecule has 2 aromatic rings. The van der Waals surface area contributed by atoms with E-state index in [1.165, 1.54) is 0 Å². The summed E-state index contributed by atoms with van der Waals surface area (Å²) in [6, 6.07) is 9.67. The zero-order valence-corrected chi connectivity index (χ0v) is 14.6. The highest BCUT2D eigenvalue weighted by molar-refractivity contribution is 9.10. The topological polar surface area (TPSA) is 54.0 Å². The molecule has 1 unspecified atom stereocenters. The number of benzene rings is 1. The first kappa shape index (κ1) is 16.5. The van der Waals surface area contributed by atoms with E-state index in [9.17, 15) is 4.79 Å². The quantitative estimate of drug-likeness (QED) is 0.816. The lowest BCUT2D eigenvalue weighted by Gasteiger charge is -2.12. The molecule has 0 spiro atoms. The number of hydrogen-bond acceptors (Lipinski definition) is 3. The van der Waals surface area contributed by atoms with Crippen molar-refractivity contribution in [2.24, 2.45) is 0 Å². The maximum atomic E-state index is 12.2. The molecule has 4 nitrogen and oxygen atoms in total. The summed E-state index contributed by atoms with van der Waals surface area (Å²) in [5.74, 6) is -0.211. The van der Waals surface area contributed by atoms with E-state index in [4.69, 9.17) is 0 Å². The fourth-order valence-electron chi connectivity index (χ4n) is 1.92. The van der Waals surface area contributed by atoms with E-state index in [0.29, 0.717) is 11.7 Å². The maximum absolute atomic E-state index is 12.2. The predicted octanol–water partition coefficient (Wildman–Crippen LogP) is 4.62. The van der Waals surface area contributed by atoms with Crippen molar-refractivity contribution in [2.45, 2.75) is 33.2 Å². The van der Waals surface area contributed by atoms with Gasteiger partial charge in [0.05, 0.1) is 11.9 Å². The Hall–Kier alpha value is -1.88. The standard InChI is InChI=1S/C17H20BrN3O/c1-4-12(3)20-14-6-8-16(19-10-14)17(22)21-13-5-7-15(18)11(2)9-13/h5-10,12,20H,4H2,1-3H3,(H,21,22). The first-order chi connectivity index (χ1) is 10.5. The van der Waals surface area contributed by atoms with E-state index in [2.05, 4.69) is 45.4 Å². The Balaban J connectivity index is 2.04. The van der Waals surface area contributed by atoms with Crippen molar-refractivity contribution in [1.29, 1.82) is 0 Å². The molecule has 22 heavy (non-hydrogen) atoms. The van der Waals surface area contributed by atoms with Gasteiger partial charge >= 0.3 is 0 Å². The summed E-state index contributed by atoms with van der Waals surface area (Å²) in [5.41, 5.74) is 3.15. The SMILES string of the molecule is CCC(C)Nc1ccc(C(=O)Nc2ccc(Br)c(C)c2)nc1. The van der Waals surface area contributed by atoms with Crippen molar-refractivity contribution >= 4 is 33.2 Å². The Kier molecular flexibility index (Phi) is 5.55. The van der Waals surface area contributed by atoms with Crippen LogP contribution in [0.2, 0.25) is 0 Å². The van der Waals surface area contributed by atoms with Gasteiger partial charge in [0.1, 0.15) is 5.69 Å². The molecule has 1 aromatic heterocycles. The number of anilines is 2. The number of rotatable bonds is 5. The zero-order chi connectivity index (χ0) is 16.1. The Labute approximate surface area is 139 Å². The van der Waals surface area contributed by atoms with Crippen molar-refractivity contribution in [3.05, 3.63) is 52.3 Å². The van der Waals surface area contributed by atoms with Gasteiger partial charge < -0.3 is 10.6 Å². The molecule has 0 bridgehead atoms. The second-order valence-electron chi connectivity index (χ2n) is 5.30. The number of carbonyl (C=O) groups is 1. The average molecular weight is 362 g/mol. The van der Waals surface area contributed by atoms with Gasteiger partial charge in [-0.1, -0.05) is 22.9 Å². The number of halogens is 1. The van der Waals surface area contributed by atoms with Crippen LogP contribution in [-0.2, 0) is 0 Å². The monoisotopic (exact) mass is 361 g/mol. The molecule has 0 saturated carbocycles. The van der Waals surface area contributed by atoms with Gasteiger partial charge in [-0.25, -0.2) is 4.98 Å². The van der Waals surface area contributed by atoms with Crippen LogP contribution < -0.4 is 10.6 Å². The van der Waals surface area contributed by atoms with E-state index in [1.54, 1.807) is 12.3 Å². The Morgan fingerprint density at radius 3 is 2.59 bits per heavy atom. The first-order valence-corrected chi connectivity index (χ1v) is 8.09. The van der Waals surface area contributed by atoms with Crippen molar-refractivity contribution < 1.29 is 4.79 Å². The minimum atomic E-state index is -0.211. The molecule has 0 aliphatic rings. The molecule has 0 aliphatic heterocycles. The second kappa shape index (κ2) is 7.40. The van der Waals surface area contributed by atoms with Crippen LogP contribution in [0.5, 0.6) is 0 Å². The Bertz CT molecular complexity index is 655. The number of amides is 1. The fourth-order valence-corrected chi connectivity index (χ4v) is 2.16. The van der Waals surface area contributed by atoms with Gasteiger partial charge in [0.2, 0.25) is 0 Å². The lowest BCUT2D eigenvalue weighted by Crippen LogP contribution is -2.16. The van der Waals surface area contributed by atoms with Gasteiger partial charge in [0.25, 0.3) is 5.91 Å². The summed E-state index contributed by atoms with van der Waals surface area (Å²) in [5, 5.41) is 6.18. The van der Waals surface area contributed by atoms with Gasteiger partial charge in [-0.15, -0.1) is 0 Å². The van der Waals surface area contributed by atoms with Gasteiger partial charge in [0.15, 0.2) is 0 Å². The lowest BCUT2D eigenvalue weighted by atomic mass is 10.2. The largest absolute Gasteiger partial charge is 0.381 e. The Morgan fingerprint density at radius 1 is 1.27 bits per heavy atom. The van der Waals surface area contributed by atoms with Crippen molar-refractivity contribution in [1.82, 2.24) is 4.98 Å². The molecule has 0 radical (unpaired) electrons. The molecule has 0 saturated heterocycles. The van der Waals surface area contributed by atoms with Crippen molar-refractivity contribution in [3.8, 4) is 0 Å². The minimum Gasteiger partial charge on any atom is -0.381 e. The number of aryl methyl sites for hydroxylation is 1. The van der Waals surface area contributed by atoms with Crippen LogP contribution in [-0.4, -0.2) is 16.9 Å². The van der Waals surface area contributed by atoms with Gasteiger partial charge in [-0.05, 0) is 56.2 Å². The molecule has 116 valence electrons. The van der Waals surface area contributed by atoms with E-state index in [1.807, 2.05) is 31.2 Å². The minimum absolute atomic E-state index is 0.211. The second-order valence-corrected chi connectivity index (χ2v) is 6.16. The summed E-state index contributed by atoms with van der Waals surface area (Å²) in [7, 11) is 0. The molecule has 1 amide bonds. The third-order valence-electron chi connectivity index (χ3n) is 3.44. The summed E-state index contributed by atoms with van der Waals surface area (Å²) in [6.45, 7) is 6.21. The normalized spacial score (nSPS) is 11.8. The van der Waals surface area contributed by atoms with Gasteiger partial charge in [0, 0.05) is 16.2 Å². The van der Waals surface area contributed by atoms with E-state index < -0.39 is 0 Å². The summed E-state index contributed by atoms with van der Waals surface area (Å²) in [6.07, 6.45) is 2.72. The van der Waals surface area contributed by atoms with Crippen LogP contribution in [0.15, 0.2) is 41.0 Å².